The Kier molecular flexibility index (Phi) is 6.83. The Morgan fingerprint density at radius 1 is 1.08 bits per heavy atom. The van der Waals surface area contributed by atoms with Crippen molar-refractivity contribution < 1.29 is 19.2 Å². The van der Waals surface area contributed by atoms with Gasteiger partial charge in [-0.3, -0.25) is 4.79 Å². The van der Waals surface area contributed by atoms with Crippen molar-refractivity contribution in [2.75, 3.05) is 27.8 Å². The smallest absolute Gasteiger partial charge is 0.275 e. The van der Waals surface area contributed by atoms with E-state index in [2.05, 4.69) is 5.32 Å². The molecule has 0 saturated heterocycles. The highest BCUT2D eigenvalue weighted by molar-refractivity contribution is 5.77. The average molecular weight is 343 g/mol. The fraction of sp³-hybridized carbons (Fsp3) is 0.350. The van der Waals surface area contributed by atoms with Crippen LogP contribution in [0.3, 0.4) is 0 Å². The summed E-state index contributed by atoms with van der Waals surface area (Å²) in [4.78, 5) is 13.4. The standard InChI is InChI=1S/C20H26N2O3/c1-15(17-8-6-5-7-9-17)21-20(23)14-22(2)13-16-10-11-18(24-3)19(12-16)25-4/h5-12,15H,13-14H2,1-4H3,(H,21,23)/p+1/t15-/m1/s1. The van der Waals surface area contributed by atoms with Gasteiger partial charge >= 0.3 is 0 Å². The van der Waals surface area contributed by atoms with E-state index in [1.807, 2.05) is 62.5 Å². The van der Waals surface area contributed by atoms with Gasteiger partial charge in [0.2, 0.25) is 0 Å². The van der Waals surface area contributed by atoms with E-state index in [1.54, 1.807) is 14.2 Å². The second-order valence-corrected chi connectivity index (χ2v) is 6.20. The summed E-state index contributed by atoms with van der Waals surface area (Å²) in [6, 6.07) is 15.8. The van der Waals surface area contributed by atoms with Gasteiger partial charge in [-0.2, -0.15) is 0 Å². The Balaban J connectivity index is 1.89. The first-order chi connectivity index (χ1) is 12.0. The average Bonchev–Trinajstić information content (AvgIpc) is 2.62. The number of hydrogen-bond acceptors (Lipinski definition) is 3. The lowest BCUT2D eigenvalue weighted by Crippen LogP contribution is -3.08. The van der Waals surface area contributed by atoms with Crippen LogP contribution in [0.15, 0.2) is 48.5 Å². The summed E-state index contributed by atoms with van der Waals surface area (Å²) in [5.74, 6) is 1.45. The lowest BCUT2D eigenvalue weighted by atomic mass is 10.1. The minimum absolute atomic E-state index is 0.00239. The number of carbonyl (C=O) groups excluding carboxylic acids is 1. The molecule has 0 heterocycles. The fourth-order valence-electron chi connectivity index (χ4n) is 2.79. The van der Waals surface area contributed by atoms with Crippen molar-refractivity contribution in [3.8, 4) is 11.5 Å². The molecule has 2 rings (SSSR count). The van der Waals surface area contributed by atoms with E-state index in [4.69, 9.17) is 9.47 Å². The van der Waals surface area contributed by atoms with Crippen molar-refractivity contribution in [3.63, 3.8) is 0 Å². The van der Waals surface area contributed by atoms with Crippen molar-refractivity contribution in [3.05, 3.63) is 59.7 Å². The quantitative estimate of drug-likeness (QED) is 0.765. The number of hydrogen-bond donors (Lipinski definition) is 2. The third kappa shape index (κ3) is 5.50. The minimum Gasteiger partial charge on any atom is -0.493 e. The van der Waals surface area contributed by atoms with Gasteiger partial charge in [-0.25, -0.2) is 0 Å². The molecule has 0 aliphatic carbocycles. The maximum absolute atomic E-state index is 12.3. The van der Waals surface area contributed by atoms with E-state index < -0.39 is 0 Å². The molecule has 0 saturated carbocycles. The lowest BCUT2D eigenvalue weighted by Gasteiger charge is -2.18. The van der Waals surface area contributed by atoms with Crippen molar-refractivity contribution >= 4 is 5.91 Å². The molecule has 0 bridgehead atoms. The number of nitrogens with one attached hydrogen (secondary N) is 2. The predicted molar refractivity (Wildman–Crippen MR) is 98.0 cm³/mol. The molecule has 5 nitrogen and oxygen atoms in total. The molecule has 0 radical (unpaired) electrons. The van der Waals surface area contributed by atoms with E-state index >= 15 is 0 Å². The molecule has 2 aromatic carbocycles. The molecular formula is C20H27N2O3+. The fourth-order valence-corrected chi connectivity index (χ4v) is 2.79. The molecule has 0 aromatic heterocycles. The number of benzene rings is 2. The van der Waals surface area contributed by atoms with Gasteiger partial charge < -0.3 is 19.7 Å². The molecule has 0 spiro atoms. The summed E-state index contributed by atoms with van der Waals surface area (Å²) in [5, 5.41) is 3.05. The van der Waals surface area contributed by atoms with Crippen LogP contribution in [-0.2, 0) is 11.3 Å². The molecule has 1 amide bonds. The Bertz CT molecular complexity index is 689. The number of methoxy groups -OCH3 is 2. The van der Waals surface area contributed by atoms with E-state index in [9.17, 15) is 4.79 Å². The second kappa shape index (κ2) is 9.08. The van der Waals surface area contributed by atoms with E-state index in [0.29, 0.717) is 18.0 Å². The molecule has 1 unspecified atom stereocenters. The third-order valence-electron chi connectivity index (χ3n) is 4.09. The Labute approximate surface area is 149 Å². The van der Waals surface area contributed by atoms with Gasteiger partial charge in [0.15, 0.2) is 18.0 Å². The van der Waals surface area contributed by atoms with Gasteiger partial charge in [0.05, 0.1) is 27.3 Å². The zero-order valence-electron chi connectivity index (χ0n) is 15.3. The van der Waals surface area contributed by atoms with Crippen molar-refractivity contribution in [2.24, 2.45) is 0 Å². The predicted octanol–water partition coefficient (Wildman–Crippen LogP) is 1.60. The minimum atomic E-state index is 0.00239. The van der Waals surface area contributed by atoms with Crippen LogP contribution in [0.2, 0.25) is 0 Å². The molecule has 5 heteroatoms. The number of quaternary nitrogens is 1. The van der Waals surface area contributed by atoms with Crippen LogP contribution in [0.25, 0.3) is 0 Å². The van der Waals surface area contributed by atoms with Crippen LogP contribution in [0.4, 0.5) is 0 Å². The Hall–Kier alpha value is -2.53. The number of likely N-dealkylation sites (N-methyl/N-ethyl adjacent to an activating group) is 1. The van der Waals surface area contributed by atoms with Crippen LogP contribution in [0.5, 0.6) is 11.5 Å². The summed E-state index contributed by atoms with van der Waals surface area (Å²) in [7, 11) is 5.24. The molecule has 2 N–H and O–H groups in total. The zero-order valence-corrected chi connectivity index (χ0v) is 15.3. The van der Waals surface area contributed by atoms with Gasteiger partial charge in [-0.1, -0.05) is 30.3 Å². The van der Waals surface area contributed by atoms with E-state index in [-0.39, 0.29) is 11.9 Å². The maximum Gasteiger partial charge on any atom is 0.275 e. The van der Waals surface area contributed by atoms with Crippen LogP contribution in [0, 0.1) is 0 Å². The molecule has 0 aliphatic rings. The zero-order chi connectivity index (χ0) is 18.2. The highest BCUT2D eigenvalue weighted by Crippen LogP contribution is 2.27. The number of ether oxygens (including phenoxy) is 2. The largest absolute Gasteiger partial charge is 0.493 e. The monoisotopic (exact) mass is 343 g/mol. The highest BCUT2D eigenvalue weighted by Gasteiger charge is 2.15. The number of rotatable bonds is 8. The van der Waals surface area contributed by atoms with Crippen LogP contribution < -0.4 is 19.7 Å². The van der Waals surface area contributed by atoms with E-state index in [1.165, 1.54) is 0 Å². The van der Waals surface area contributed by atoms with Crippen molar-refractivity contribution in [1.29, 1.82) is 0 Å². The first kappa shape index (κ1) is 18.8. The van der Waals surface area contributed by atoms with Crippen molar-refractivity contribution in [1.82, 2.24) is 5.32 Å². The van der Waals surface area contributed by atoms with Crippen LogP contribution in [-0.4, -0.2) is 33.7 Å². The number of amides is 1. The maximum atomic E-state index is 12.3. The molecule has 0 fully saturated rings. The van der Waals surface area contributed by atoms with Gasteiger partial charge in [-0.15, -0.1) is 0 Å². The Morgan fingerprint density at radius 3 is 2.40 bits per heavy atom. The molecule has 25 heavy (non-hydrogen) atoms. The SMILES string of the molecule is COc1ccc(C[NH+](C)CC(=O)N[C@H](C)c2ccccc2)cc1OC. The second-order valence-electron chi connectivity index (χ2n) is 6.20. The van der Waals surface area contributed by atoms with Gasteiger partial charge in [0.1, 0.15) is 6.54 Å². The first-order valence-corrected chi connectivity index (χ1v) is 8.40. The van der Waals surface area contributed by atoms with Crippen LogP contribution >= 0.6 is 0 Å². The molecular weight excluding hydrogens is 316 g/mol. The van der Waals surface area contributed by atoms with Crippen molar-refractivity contribution in [2.45, 2.75) is 19.5 Å². The summed E-state index contributed by atoms with van der Waals surface area (Å²) >= 11 is 0. The first-order valence-electron chi connectivity index (χ1n) is 8.40. The third-order valence-corrected chi connectivity index (χ3v) is 4.09. The molecule has 134 valence electrons. The number of carbonyl (C=O) groups is 1. The summed E-state index contributed by atoms with van der Waals surface area (Å²) in [6.45, 7) is 3.13. The lowest BCUT2D eigenvalue weighted by molar-refractivity contribution is -0.885. The van der Waals surface area contributed by atoms with Gasteiger partial charge in [-0.05, 0) is 30.7 Å². The molecule has 2 atom stereocenters. The topological polar surface area (TPSA) is 52.0 Å². The van der Waals surface area contributed by atoms with Gasteiger partial charge in [0, 0.05) is 5.56 Å². The molecule has 2 aromatic rings. The van der Waals surface area contributed by atoms with Crippen LogP contribution in [0.1, 0.15) is 24.1 Å². The summed E-state index contributed by atoms with van der Waals surface area (Å²) < 4.78 is 10.6. The van der Waals surface area contributed by atoms with E-state index in [0.717, 1.165) is 22.6 Å². The molecule has 0 aliphatic heterocycles. The summed E-state index contributed by atoms with van der Waals surface area (Å²) in [5.41, 5.74) is 2.20. The van der Waals surface area contributed by atoms with Gasteiger partial charge in [0.25, 0.3) is 5.91 Å². The Morgan fingerprint density at radius 2 is 1.76 bits per heavy atom. The highest BCUT2D eigenvalue weighted by atomic mass is 16.5. The normalized spacial score (nSPS) is 13.0. The summed E-state index contributed by atoms with van der Waals surface area (Å²) in [6.07, 6.45) is 0.